The number of benzene rings is 2. The Balaban J connectivity index is 1.59. The summed E-state index contributed by atoms with van der Waals surface area (Å²) in [6.45, 7) is 4.67. The molecule has 2 aromatic heterocycles. The molecule has 0 aliphatic rings. The van der Waals surface area contributed by atoms with Gasteiger partial charge in [0.1, 0.15) is 6.33 Å². The smallest absolute Gasteiger partial charge is 0.292 e. The van der Waals surface area contributed by atoms with Crippen LogP contribution in [0.3, 0.4) is 0 Å². The lowest BCUT2D eigenvalue weighted by Crippen LogP contribution is -2.29. The summed E-state index contributed by atoms with van der Waals surface area (Å²) in [5.74, 6) is -0.120. The van der Waals surface area contributed by atoms with Crippen LogP contribution >= 0.6 is 0 Å². The number of hydrogen-bond donors (Lipinski definition) is 0. The van der Waals surface area contributed by atoms with Crippen molar-refractivity contribution < 1.29 is 4.79 Å². The average molecular weight is 487 g/mol. The molecule has 0 bridgehead atoms. The minimum Gasteiger partial charge on any atom is -0.292 e. The molecule has 8 nitrogen and oxygen atoms in total. The van der Waals surface area contributed by atoms with Crippen molar-refractivity contribution in [2.45, 2.75) is 71.8 Å². The van der Waals surface area contributed by atoms with E-state index in [1.807, 2.05) is 55.5 Å². The number of nitrogens with zero attached hydrogens (tertiary/aromatic N) is 6. The van der Waals surface area contributed by atoms with E-state index in [1.54, 1.807) is 21.8 Å². The Hall–Kier alpha value is -3.81. The van der Waals surface area contributed by atoms with Gasteiger partial charge in [0.15, 0.2) is 0 Å². The van der Waals surface area contributed by atoms with E-state index in [0.717, 1.165) is 66.6 Å². The van der Waals surface area contributed by atoms with Gasteiger partial charge in [0.2, 0.25) is 5.91 Å². The number of carbonyl (C=O) groups is 1. The fraction of sp³-hybridized carbons (Fsp3) is 0.393. The van der Waals surface area contributed by atoms with Crippen molar-refractivity contribution in [3.63, 3.8) is 0 Å². The molecule has 0 saturated carbocycles. The van der Waals surface area contributed by atoms with Crippen LogP contribution in [0, 0.1) is 0 Å². The van der Waals surface area contributed by atoms with E-state index >= 15 is 0 Å². The third kappa shape index (κ3) is 5.87. The van der Waals surface area contributed by atoms with Gasteiger partial charge in [-0.15, -0.1) is 5.10 Å². The first kappa shape index (κ1) is 25.3. The largest absolute Gasteiger partial charge is 0.335 e. The van der Waals surface area contributed by atoms with Crippen LogP contribution in [0.4, 0.5) is 0 Å². The first-order valence-electron chi connectivity index (χ1n) is 12.9. The molecule has 0 unspecified atom stereocenters. The first-order chi connectivity index (χ1) is 17.6. The standard InChI is InChI=1S/C28H34N6O2/c1-3-5-7-8-11-24-20-33(27(35)14-6-4-2)28(36)32(24)19-22-15-17-23(18-16-22)25-12-9-10-13-26(25)34-21-29-30-31-34/h9-10,12-13,15-18,20-21H,3-8,11,14,19H2,1-2H3. The number of unbranched alkanes of at least 4 members (excludes halogenated alkanes) is 4. The molecule has 0 spiro atoms. The normalized spacial score (nSPS) is 11.2. The summed E-state index contributed by atoms with van der Waals surface area (Å²) in [5, 5.41) is 11.5. The minimum atomic E-state index is -0.241. The molecule has 0 atom stereocenters. The molecule has 0 N–H and O–H groups in total. The van der Waals surface area contributed by atoms with Crippen LogP contribution in [0.2, 0.25) is 0 Å². The Morgan fingerprint density at radius 1 is 0.917 bits per heavy atom. The molecular formula is C28H34N6O2. The number of rotatable bonds is 12. The monoisotopic (exact) mass is 486 g/mol. The molecule has 0 aliphatic heterocycles. The van der Waals surface area contributed by atoms with Gasteiger partial charge < -0.3 is 0 Å². The highest BCUT2D eigenvalue weighted by Crippen LogP contribution is 2.26. The molecule has 0 amide bonds. The van der Waals surface area contributed by atoms with Gasteiger partial charge in [-0.3, -0.25) is 9.36 Å². The molecule has 0 radical (unpaired) electrons. The van der Waals surface area contributed by atoms with Crippen LogP contribution < -0.4 is 5.69 Å². The summed E-state index contributed by atoms with van der Waals surface area (Å²) in [6, 6.07) is 16.1. The van der Waals surface area contributed by atoms with E-state index in [4.69, 9.17) is 0 Å². The van der Waals surface area contributed by atoms with Crippen molar-refractivity contribution in [3.8, 4) is 16.8 Å². The summed E-state index contributed by atoms with van der Waals surface area (Å²) in [5.41, 5.74) is 4.63. The number of tetrazole rings is 1. The van der Waals surface area contributed by atoms with Gasteiger partial charge in [-0.05, 0) is 46.9 Å². The fourth-order valence-corrected chi connectivity index (χ4v) is 4.42. The van der Waals surface area contributed by atoms with Crippen LogP contribution in [0.1, 0.15) is 74.8 Å². The van der Waals surface area contributed by atoms with Gasteiger partial charge in [0.25, 0.3) is 0 Å². The maximum atomic E-state index is 13.2. The zero-order valence-corrected chi connectivity index (χ0v) is 21.1. The molecule has 0 saturated heterocycles. The van der Waals surface area contributed by atoms with Gasteiger partial charge in [-0.25, -0.2) is 9.36 Å². The molecule has 188 valence electrons. The van der Waals surface area contributed by atoms with Crippen molar-refractivity contribution >= 4 is 5.91 Å². The van der Waals surface area contributed by atoms with Gasteiger partial charge in [-0.2, -0.15) is 4.68 Å². The SMILES string of the molecule is CCCCCCc1cn(C(=O)CCCC)c(=O)n1Cc1ccc(-c2ccccc2-n2cnnn2)cc1. The van der Waals surface area contributed by atoms with E-state index in [-0.39, 0.29) is 11.6 Å². The molecule has 8 heteroatoms. The number of imidazole rings is 1. The molecule has 36 heavy (non-hydrogen) atoms. The van der Waals surface area contributed by atoms with Gasteiger partial charge >= 0.3 is 5.69 Å². The Labute approximate surface area is 211 Å². The Morgan fingerprint density at radius 2 is 1.69 bits per heavy atom. The van der Waals surface area contributed by atoms with Crippen LogP contribution in [0.5, 0.6) is 0 Å². The number of para-hydroxylation sites is 1. The summed E-state index contributed by atoms with van der Waals surface area (Å²) in [4.78, 5) is 25.9. The minimum absolute atomic E-state index is 0.120. The second-order valence-corrected chi connectivity index (χ2v) is 9.14. The fourth-order valence-electron chi connectivity index (χ4n) is 4.42. The molecule has 0 aliphatic carbocycles. The quantitative estimate of drug-likeness (QED) is 0.254. The summed E-state index contributed by atoms with van der Waals surface area (Å²) in [6.07, 6.45) is 10.7. The lowest BCUT2D eigenvalue weighted by Gasteiger charge is -2.11. The number of hydrogen-bond acceptors (Lipinski definition) is 5. The van der Waals surface area contributed by atoms with Gasteiger partial charge in [-0.1, -0.05) is 82.0 Å². The molecule has 2 aromatic carbocycles. The van der Waals surface area contributed by atoms with Crippen LogP contribution in [-0.2, 0) is 13.0 Å². The Kier molecular flexibility index (Phi) is 8.60. The maximum absolute atomic E-state index is 13.2. The molecular weight excluding hydrogens is 452 g/mol. The second-order valence-electron chi connectivity index (χ2n) is 9.14. The molecule has 2 heterocycles. The highest BCUT2D eigenvalue weighted by molar-refractivity contribution is 5.78. The van der Waals surface area contributed by atoms with Crippen LogP contribution in [0.25, 0.3) is 16.8 Å². The van der Waals surface area contributed by atoms with E-state index < -0.39 is 0 Å². The Bertz CT molecular complexity index is 1320. The van der Waals surface area contributed by atoms with Gasteiger partial charge in [0, 0.05) is 23.9 Å². The average Bonchev–Trinajstić information content (AvgIpc) is 3.55. The lowest BCUT2D eigenvalue weighted by molar-refractivity contribution is 0.0894. The predicted octanol–water partition coefficient (Wildman–Crippen LogP) is 5.29. The topological polar surface area (TPSA) is 87.6 Å². The molecule has 0 fully saturated rings. The molecule has 4 rings (SSSR count). The highest BCUT2D eigenvalue weighted by Gasteiger charge is 2.16. The number of aryl methyl sites for hydroxylation is 1. The van der Waals surface area contributed by atoms with E-state index in [9.17, 15) is 9.59 Å². The third-order valence-corrected chi connectivity index (χ3v) is 6.47. The van der Waals surface area contributed by atoms with Crippen molar-refractivity contribution in [1.29, 1.82) is 0 Å². The number of aromatic nitrogens is 6. The zero-order chi connectivity index (χ0) is 25.3. The molecule has 4 aromatic rings. The summed E-state index contributed by atoms with van der Waals surface area (Å²) >= 11 is 0. The first-order valence-corrected chi connectivity index (χ1v) is 12.9. The van der Waals surface area contributed by atoms with Crippen molar-refractivity contribution in [2.24, 2.45) is 0 Å². The van der Waals surface area contributed by atoms with Crippen LogP contribution in [0.15, 0.2) is 65.8 Å². The maximum Gasteiger partial charge on any atom is 0.335 e. The van der Waals surface area contributed by atoms with Gasteiger partial charge in [0.05, 0.1) is 12.2 Å². The second kappa shape index (κ2) is 12.2. The van der Waals surface area contributed by atoms with Crippen LogP contribution in [-0.4, -0.2) is 35.2 Å². The Morgan fingerprint density at radius 3 is 2.42 bits per heavy atom. The number of carbonyl (C=O) groups excluding carboxylic acids is 1. The highest BCUT2D eigenvalue weighted by atomic mass is 16.2. The summed E-state index contributed by atoms with van der Waals surface area (Å²) < 4.78 is 4.73. The van der Waals surface area contributed by atoms with Crippen molar-refractivity contribution in [2.75, 3.05) is 0 Å². The van der Waals surface area contributed by atoms with E-state index in [2.05, 4.69) is 22.4 Å². The van der Waals surface area contributed by atoms with Crippen molar-refractivity contribution in [1.82, 2.24) is 29.3 Å². The van der Waals surface area contributed by atoms with E-state index in [0.29, 0.717) is 13.0 Å². The van der Waals surface area contributed by atoms with Crippen molar-refractivity contribution in [3.05, 3.63) is 82.8 Å². The third-order valence-electron chi connectivity index (χ3n) is 6.47. The predicted molar refractivity (Wildman–Crippen MR) is 140 cm³/mol. The lowest BCUT2D eigenvalue weighted by atomic mass is 10.0. The summed E-state index contributed by atoms with van der Waals surface area (Å²) in [7, 11) is 0. The zero-order valence-electron chi connectivity index (χ0n) is 21.1. The van der Waals surface area contributed by atoms with E-state index in [1.165, 1.54) is 11.0 Å².